The lowest BCUT2D eigenvalue weighted by molar-refractivity contribution is 0.434. The fraction of sp³-hybridized carbons (Fsp3) is 0.0149. The molecule has 3 heteroatoms. The van der Waals surface area contributed by atoms with Crippen molar-refractivity contribution in [3.8, 4) is 56.0 Å². The zero-order valence-corrected chi connectivity index (χ0v) is 38.4. The quantitative estimate of drug-likeness (QED) is 0.151. The first-order chi connectivity index (χ1) is 34.7. The zero-order valence-electron chi connectivity index (χ0n) is 38.4. The maximum Gasteiger partial charge on any atom is 0.132 e. The standard InChI is InChI=1S/C67H46N2O/c1-4-16-47(17-5-1)50-28-37-55(38-29-50)68(56-39-30-51(31-40-56)48-18-6-2-7-19-48)57-41-32-52(33-42-57)53-34-43-58(44-35-53)69-63-25-13-10-22-59(63)67(62-46-54(36-45-64(62)69)49-20-8-3-9-21-49)60-23-11-14-26-65(60)70-66-27-15-12-24-61(66)67/h1-46H. The van der Waals surface area contributed by atoms with Gasteiger partial charge in [-0.25, -0.2) is 0 Å². The second kappa shape index (κ2) is 17.2. The SMILES string of the molecule is c1ccc(-c2ccc(N(c3ccc(-c4ccccc4)cc3)c3ccc(-c4ccc(N5c6ccccc6C6(c7ccccc7Oc7ccccc76)c6cc(-c7ccccc7)ccc65)cc4)cc3)cc2)cc1. The van der Waals surface area contributed by atoms with Crippen molar-refractivity contribution < 1.29 is 4.74 Å². The van der Waals surface area contributed by atoms with Crippen LogP contribution in [-0.4, -0.2) is 0 Å². The molecular formula is C67H46N2O. The molecule has 0 amide bonds. The Bertz CT molecular complexity index is 3520. The van der Waals surface area contributed by atoms with Gasteiger partial charge in [-0.1, -0.05) is 200 Å². The predicted molar refractivity (Wildman–Crippen MR) is 289 cm³/mol. The summed E-state index contributed by atoms with van der Waals surface area (Å²) in [4.78, 5) is 4.79. The lowest BCUT2D eigenvalue weighted by Gasteiger charge is -2.48. The average molecular weight is 895 g/mol. The van der Waals surface area contributed by atoms with Crippen LogP contribution in [0, 0.1) is 0 Å². The van der Waals surface area contributed by atoms with Crippen molar-refractivity contribution in [3.63, 3.8) is 0 Å². The number of fused-ring (bicyclic) bond motifs is 8. The van der Waals surface area contributed by atoms with Crippen LogP contribution in [0.4, 0.5) is 34.1 Å². The average Bonchev–Trinajstić information content (AvgIpc) is 3.44. The molecule has 70 heavy (non-hydrogen) atoms. The van der Waals surface area contributed by atoms with E-state index in [-0.39, 0.29) is 0 Å². The van der Waals surface area contributed by atoms with Gasteiger partial charge >= 0.3 is 0 Å². The Labute approximate surface area is 409 Å². The normalized spacial score (nSPS) is 12.8. The van der Waals surface area contributed by atoms with Gasteiger partial charge in [-0.15, -0.1) is 0 Å². The Morgan fingerprint density at radius 2 is 0.614 bits per heavy atom. The van der Waals surface area contributed by atoms with Crippen LogP contribution in [0.5, 0.6) is 11.5 Å². The third-order valence-electron chi connectivity index (χ3n) is 14.1. The number of benzene rings is 11. The van der Waals surface area contributed by atoms with Gasteiger partial charge in [0.1, 0.15) is 11.5 Å². The molecule has 0 saturated carbocycles. The molecule has 0 unspecified atom stereocenters. The topological polar surface area (TPSA) is 15.7 Å². The van der Waals surface area contributed by atoms with Gasteiger partial charge in [0.05, 0.1) is 16.8 Å². The first-order valence-corrected chi connectivity index (χ1v) is 24.0. The maximum absolute atomic E-state index is 6.70. The molecule has 0 aromatic heterocycles. The summed E-state index contributed by atoms with van der Waals surface area (Å²) in [7, 11) is 0. The number of ether oxygens (including phenoxy) is 1. The highest BCUT2D eigenvalue weighted by molar-refractivity contribution is 5.93. The van der Waals surface area contributed by atoms with Gasteiger partial charge in [0.2, 0.25) is 0 Å². The minimum Gasteiger partial charge on any atom is -0.457 e. The number of para-hydroxylation sites is 3. The summed E-state index contributed by atoms with van der Waals surface area (Å²) in [6, 6.07) is 101. The molecule has 0 saturated heterocycles. The fourth-order valence-corrected chi connectivity index (χ4v) is 10.9. The molecule has 2 aliphatic rings. The molecule has 2 aliphatic heterocycles. The van der Waals surface area contributed by atoms with Gasteiger partial charge in [0, 0.05) is 33.9 Å². The Morgan fingerprint density at radius 1 is 0.271 bits per heavy atom. The molecule has 0 aliphatic carbocycles. The summed E-state index contributed by atoms with van der Waals surface area (Å²) < 4.78 is 6.70. The summed E-state index contributed by atoms with van der Waals surface area (Å²) in [6.07, 6.45) is 0. The van der Waals surface area contributed by atoms with Gasteiger partial charge < -0.3 is 14.5 Å². The van der Waals surface area contributed by atoms with Gasteiger partial charge in [-0.3, -0.25) is 0 Å². The Hall–Kier alpha value is -9.18. The van der Waals surface area contributed by atoms with Crippen LogP contribution in [0.15, 0.2) is 279 Å². The maximum atomic E-state index is 6.70. The van der Waals surface area contributed by atoms with Crippen LogP contribution in [0.25, 0.3) is 44.5 Å². The van der Waals surface area contributed by atoms with Gasteiger partial charge in [-0.2, -0.15) is 0 Å². The molecule has 1 spiro atoms. The minimum absolute atomic E-state index is 0.637. The number of rotatable bonds is 8. The summed E-state index contributed by atoms with van der Waals surface area (Å²) in [5.74, 6) is 1.75. The van der Waals surface area contributed by atoms with Crippen LogP contribution in [0.2, 0.25) is 0 Å². The minimum atomic E-state index is -0.637. The third-order valence-corrected chi connectivity index (χ3v) is 14.1. The van der Waals surface area contributed by atoms with E-state index < -0.39 is 5.41 Å². The molecule has 2 heterocycles. The highest BCUT2D eigenvalue weighted by Gasteiger charge is 2.51. The van der Waals surface area contributed by atoms with E-state index in [4.69, 9.17) is 4.74 Å². The smallest absolute Gasteiger partial charge is 0.132 e. The van der Waals surface area contributed by atoms with Crippen molar-refractivity contribution in [1.82, 2.24) is 0 Å². The first-order valence-electron chi connectivity index (χ1n) is 24.0. The number of nitrogens with zero attached hydrogens (tertiary/aromatic N) is 2. The van der Waals surface area contributed by atoms with E-state index in [1.165, 1.54) is 44.5 Å². The summed E-state index contributed by atoms with van der Waals surface area (Å²) >= 11 is 0. The van der Waals surface area contributed by atoms with E-state index in [0.29, 0.717) is 0 Å². The molecule has 330 valence electrons. The van der Waals surface area contributed by atoms with Crippen LogP contribution >= 0.6 is 0 Å². The largest absolute Gasteiger partial charge is 0.457 e. The molecule has 0 fully saturated rings. The lowest BCUT2D eigenvalue weighted by Crippen LogP contribution is -2.39. The highest BCUT2D eigenvalue weighted by Crippen LogP contribution is 2.63. The molecule has 11 aromatic rings. The summed E-state index contributed by atoms with van der Waals surface area (Å²) in [5, 5.41) is 0. The van der Waals surface area contributed by atoms with Crippen molar-refractivity contribution in [2.45, 2.75) is 5.41 Å². The Morgan fingerprint density at radius 3 is 1.09 bits per heavy atom. The second-order valence-electron chi connectivity index (χ2n) is 18.0. The van der Waals surface area contributed by atoms with E-state index in [1.807, 2.05) is 0 Å². The van der Waals surface area contributed by atoms with Crippen molar-refractivity contribution in [3.05, 3.63) is 301 Å². The summed E-state index contributed by atoms with van der Waals surface area (Å²) in [6.45, 7) is 0. The van der Waals surface area contributed by atoms with E-state index >= 15 is 0 Å². The third kappa shape index (κ3) is 6.90. The molecule has 0 radical (unpaired) electrons. The molecule has 0 bridgehead atoms. The lowest BCUT2D eigenvalue weighted by atomic mass is 9.61. The van der Waals surface area contributed by atoms with Crippen molar-refractivity contribution in [2.24, 2.45) is 0 Å². The van der Waals surface area contributed by atoms with Crippen molar-refractivity contribution in [2.75, 3.05) is 9.80 Å². The zero-order chi connectivity index (χ0) is 46.4. The predicted octanol–water partition coefficient (Wildman–Crippen LogP) is 18.1. The fourth-order valence-electron chi connectivity index (χ4n) is 10.9. The van der Waals surface area contributed by atoms with E-state index in [2.05, 4.69) is 289 Å². The molecule has 13 rings (SSSR count). The van der Waals surface area contributed by atoms with E-state index in [1.54, 1.807) is 0 Å². The molecule has 3 nitrogen and oxygen atoms in total. The van der Waals surface area contributed by atoms with Gasteiger partial charge in [0.25, 0.3) is 0 Å². The number of hydrogen-bond donors (Lipinski definition) is 0. The highest BCUT2D eigenvalue weighted by atomic mass is 16.5. The van der Waals surface area contributed by atoms with E-state index in [0.717, 1.165) is 67.9 Å². The molecule has 0 N–H and O–H groups in total. The van der Waals surface area contributed by atoms with Crippen LogP contribution in [0.1, 0.15) is 22.3 Å². The number of anilines is 6. The number of hydrogen-bond acceptors (Lipinski definition) is 3. The van der Waals surface area contributed by atoms with Crippen molar-refractivity contribution in [1.29, 1.82) is 0 Å². The van der Waals surface area contributed by atoms with Gasteiger partial charge in [-0.05, 0) is 134 Å². The molecule has 0 atom stereocenters. The monoisotopic (exact) mass is 894 g/mol. The molecular weight excluding hydrogens is 849 g/mol. The first kappa shape index (κ1) is 41.0. The van der Waals surface area contributed by atoms with Crippen LogP contribution in [-0.2, 0) is 5.41 Å². The summed E-state index contributed by atoms with van der Waals surface area (Å²) in [5.41, 5.74) is 20.1. The second-order valence-corrected chi connectivity index (χ2v) is 18.0. The molecule has 11 aromatic carbocycles. The van der Waals surface area contributed by atoms with Gasteiger partial charge in [0.15, 0.2) is 0 Å². The van der Waals surface area contributed by atoms with Crippen LogP contribution in [0.3, 0.4) is 0 Å². The Kier molecular flexibility index (Phi) is 10.1. The van der Waals surface area contributed by atoms with E-state index in [9.17, 15) is 0 Å². The van der Waals surface area contributed by atoms with Crippen LogP contribution < -0.4 is 14.5 Å². The Balaban J connectivity index is 0.887. The van der Waals surface area contributed by atoms with Crippen molar-refractivity contribution >= 4 is 34.1 Å².